The summed E-state index contributed by atoms with van der Waals surface area (Å²) in [6.45, 7) is 1.45. The van der Waals surface area contributed by atoms with E-state index >= 15 is 0 Å². The molecule has 4 aliphatic rings. The van der Waals surface area contributed by atoms with Crippen LogP contribution in [0, 0.1) is 17.8 Å². The SMILES string of the molecule is CC(=O)c1ccc(N2C(=O)C3CC=C4C(c5ccc(O)cc5)C5=C(CC4C3C2=O)C(=O)C(Br)=CC5=O)cc1. The maximum atomic E-state index is 13.9. The van der Waals surface area contributed by atoms with Crippen LogP contribution in [0.4, 0.5) is 5.69 Å². The van der Waals surface area contributed by atoms with Gasteiger partial charge in [-0.05, 0) is 83.6 Å². The molecule has 2 aromatic rings. The highest BCUT2D eigenvalue weighted by Gasteiger charge is 2.56. The van der Waals surface area contributed by atoms with Gasteiger partial charge < -0.3 is 5.11 Å². The van der Waals surface area contributed by atoms with Crippen LogP contribution < -0.4 is 4.90 Å². The number of rotatable bonds is 3. The molecule has 1 heterocycles. The van der Waals surface area contributed by atoms with Crippen molar-refractivity contribution in [2.75, 3.05) is 4.90 Å². The van der Waals surface area contributed by atoms with Gasteiger partial charge in [0.15, 0.2) is 17.3 Å². The molecule has 190 valence electrons. The number of phenols is 1. The number of hydrogen-bond donors (Lipinski definition) is 1. The van der Waals surface area contributed by atoms with Crippen LogP contribution >= 0.6 is 15.9 Å². The molecule has 1 saturated heterocycles. The van der Waals surface area contributed by atoms with Gasteiger partial charge in [0.2, 0.25) is 11.8 Å². The number of Topliss-reactive ketones (excluding diaryl/α,β-unsaturated/α-hetero) is 2. The zero-order chi connectivity index (χ0) is 26.9. The van der Waals surface area contributed by atoms with Crippen molar-refractivity contribution in [3.63, 3.8) is 0 Å². The standard InChI is InChI=1S/C30H22BrNO6/c1-14(33)15-2-6-17(7-3-15)32-29(37)20-11-10-19-21(26(20)30(32)38)12-22-27(24(35)13-23(31)28(22)36)25(19)16-4-8-18(34)9-5-16/h2-10,13,20-21,25-26,34H,11-12H2,1H3. The maximum Gasteiger partial charge on any atom is 0.238 e. The van der Waals surface area contributed by atoms with E-state index in [2.05, 4.69) is 15.9 Å². The molecule has 1 aliphatic heterocycles. The van der Waals surface area contributed by atoms with E-state index in [1.54, 1.807) is 36.4 Å². The number of allylic oxidation sites excluding steroid dienone is 6. The third-order valence-corrected chi connectivity index (χ3v) is 8.68. The van der Waals surface area contributed by atoms with Crippen LogP contribution in [-0.4, -0.2) is 34.3 Å². The molecule has 0 saturated carbocycles. The Morgan fingerprint density at radius 1 is 0.947 bits per heavy atom. The van der Waals surface area contributed by atoms with Crippen LogP contribution in [0.5, 0.6) is 5.75 Å². The summed E-state index contributed by atoms with van der Waals surface area (Å²) in [5, 5.41) is 9.85. The number of benzene rings is 2. The highest BCUT2D eigenvalue weighted by atomic mass is 79.9. The second kappa shape index (κ2) is 8.84. The van der Waals surface area contributed by atoms with Crippen LogP contribution in [0.2, 0.25) is 0 Å². The van der Waals surface area contributed by atoms with E-state index in [0.29, 0.717) is 28.8 Å². The summed E-state index contributed by atoms with van der Waals surface area (Å²) in [7, 11) is 0. The fraction of sp³-hybridized carbons (Fsp3) is 0.233. The van der Waals surface area contributed by atoms with Crippen molar-refractivity contribution in [3.05, 3.63) is 93.0 Å². The predicted molar refractivity (Wildman–Crippen MR) is 142 cm³/mol. The molecule has 6 rings (SSSR count). The molecule has 7 nitrogen and oxygen atoms in total. The highest BCUT2D eigenvalue weighted by molar-refractivity contribution is 9.12. The van der Waals surface area contributed by atoms with E-state index in [4.69, 9.17) is 0 Å². The minimum absolute atomic E-state index is 0.0738. The Morgan fingerprint density at radius 2 is 1.63 bits per heavy atom. The molecule has 0 bridgehead atoms. The van der Waals surface area contributed by atoms with Gasteiger partial charge in [-0.3, -0.25) is 28.9 Å². The highest BCUT2D eigenvalue weighted by Crippen LogP contribution is 2.55. The monoisotopic (exact) mass is 571 g/mol. The molecule has 8 heteroatoms. The average molecular weight is 572 g/mol. The summed E-state index contributed by atoms with van der Waals surface area (Å²) < 4.78 is 0.173. The maximum absolute atomic E-state index is 13.9. The molecule has 38 heavy (non-hydrogen) atoms. The molecule has 0 spiro atoms. The Hall–Kier alpha value is -3.91. The number of anilines is 1. The number of aromatic hydroxyl groups is 1. The number of phenolic OH excluding ortho intramolecular Hbond substituents is 1. The van der Waals surface area contributed by atoms with Crippen molar-refractivity contribution in [2.24, 2.45) is 17.8 Å². The Bertz CT molecular complexity index is 1550. The zero-order valence-electron chi connectivity index (χ0n) is 20.3. The van der Waals surface area contributed by atoms with Crippen LogP contribution in [0.3, 0.4) is 0 Å². The number of halogens is 1. The van der Waals surface area contributed by atoms with Crippen molar-refractivity contribution in [3.8, 4) is 5.75 Å². The molecular formula is C30H22BrNO6. The number of fused-ring (bicyclic) bond motifs is 3. The van der Waals surface area contributed by atoms with E-state index < -0.39 is 23.7 Å². The normalized spacial score (nSPS) is 26.5. The molecule has 3 aliphatic carbocycles. The number of imide groups is 1. The van der Waals surface area contributed by atoms with Gasteiger partial charge in [-0.25, -0.2) is 0 Å². The number of ketones is 3. The van der Waals surface area contributed by atoms with Crippen molar-refractivity contribution in [1.82, 2.24) is 0 Å². The molecular weight excluding hydrogens is 550 g/mol. The van der Waals surface area contributed by atoms with Gasteiger partial charge in [-0.1, -0.05) is 23.8 Å². The van der Waals surface area contributed by atoms with Gasteiger partial charge >= 0.3 is 0 Å². The lowest BCUT2D eigenvalue weighted by Gasteiger charge is -2.42. The van der Waals surface area contributed by atoms with E-state index in [9.17, 15) is 29.1 Å². The summed E-state index contributed by atoms with van der Waals surface area (Å²) in [4.78, 5) is 66.7. The average Bonchev–Trinajstić information content (AvgIpc) is 3.16. The minimum Gasteiger partial charge on any atom is -0.508 e. The fourth-order valence-corrected chi connectivity index (χ4v) is 6.80. The minimum atomic E-state index is -0.684. The van der Waals surface area contributed by atoms with Gasteiger partial charge in [-0.2, -0.15) is 0 Å². The summed E-state index contributed by atoms with van der Waals surface area (Å²) in [5.41, 5.74) is 3.20. The molecule has 2 aromatic carbocycles. The van der Waals surface area contributed by atoms with Gasteiger partial charge in [0.25, 0.3) is 0 Å². The number of nitrogens with zero attached hydrogens (tertiary/aromatic N) is 1. The van der Waals surface area contributed by atoms with Crippen molar-refractivity contribution < 1.29 is 29.1 Å². The lowest BCUT2D eigenvalue weighted by atomic mass is 9.59. The predicted octanol–water partition coefficient (Wildman–Crippen LogP) is 4.56. The van der Waals surface area contributed by atoms with Crippen LogP contribution in [0.15, 0.2) is 81.9 Å². The molecule has 4 atom stereocenters. The fourth-order valence-electron chi connectivity index (χ4n) is 6.35. The van der Waals surface area contributed by atoms with Crippen LogP contribution in [0.25, 0.3) is 0 Å². The van der Waals surface area contributed by atoms with Crippen LogP contribution in [-0.2, 0) is 19.2 Å². The first-order valence-electron chi connectivity index (χ1n) is 12.3. The largest absolute Gasteiger partial charge is 0.508 e. The number of amides is 2. The second-order valence-electron chi connectivity index (χ2n) is 10.1. The second-order valence-corrected chi connectivity index (χ2v) is 11.0. The smallest absolute Gasteiger partial charge is 0.238 e. The Morgan fingerprint density at radius 3 is 2.29 bits per heavy atom. The summed E-state index contributed by atoms with van der Waals surface area (Å²) in [6, 6.07) is 12.9. The lowest BCUT2D eigenvalue weighted by molar-refractivity contribution is -0.123. The molecule has 1 N–H and O–H groups in total. The molecule has 0 aromatic heterocycles. The zero-order valence-corrected chi connectivity index (χ0v) is 21.9. The number of carbonyl (C=O) groups is 5. The topological polar surface area (TPSA) is 109 Å². The summed E-state index contributed by atoms with van der Waals surface area (Å²) in [6.07, 6.45) is 3.76. The molecule has 1 fully saturated rings. The van der Waals surface area contributed by atoms with Gasteiger partial charge in [0.05, 0.1) is 22.0 Å². The Kier molecular flexibility index (Phi) is 5.68. The number of carbonyl (C=O) groups excluding carboxylic acids is 5. The lowest BCUT2D eigenvalue weighted by Crippen LogP contribution is -2.39. The number of hydrogen-bond acceptors (Lipinski definition) is 6. The van der Waals surface area contributed by atoms with Crippen molar-refractivity contribution in [1.29, 1.82) is 0 Å². The van der Waals surface area contributed by atoms with E-state index in [1.165, 1.54) is 30.0 Å². The summed E-state index contributed by atoms with van der Waals surface area (Å²) >= 11 is 3.22. The van der Waals surface area contributed by atoms with E-state index in [-0.39, 0.29) is 45.8 Å². The first kappa shape index (κ1) is 24.4. The van der Waals surface area contributed by atoms with Crippen molar-refractivity contribution in [2.45, 2.75) is 25.7 Å². The van der Waals surface area contributed by atoms with Gasteiger partial charge in [-0.15, -0.1) is 0 Å². The van der Waals surface area contributed by atoms with E-state index in [1.807, 2.05) is 6.08 Å². The molecule has 0 radical (unpaired) electrons. The van der Waals surface area contributed by atoms with Gasteiger partial charge in [0, 0.05) is 28.7 Å². The molecule has 4 unspecified atom stereocenters. The summed E-state index contributed by atoms with van der Waals surface area (Å²) in [5.74, 6) is -3.53. The quantitative estimate of drug-likeness (QED) is 0.250. The van der Waals surface area contributed by atoms with Gasteiger partial charge in [0.1, 0.15) is 5.75 Å². The third-order valence-electron chi connectivity index (χ3n) is 8.09. The Balaban J connectivity index is 1.45. The first-order valence-corrected chi connectivity index (χ1v) is 13.1. The third kappa shape index (κ3) is 3.58. The Labute approximate surface area is 226 Å². The van der Waals surface area contributed by atoms with Crippen LogP contribution in [0.1, 0.15) is 41.6 Å². The first-order chi connectivity index (χ1) is 18.2. The van der Waals surface area contributed by atoms with Crippen molar-refractivity contribution >= 4 is 50.8 Å². The van der Waals surface area contributed by atoms with E-state index in [0.717, 1.165) is 11.1 Å². The molecule has 2 amide bonds.